The summed E-state index contributed by atoms with van der Waals surface area (Å²) in [6.45, 7) is 5.85. The molecule has 8 heteroatoms. The second-order valence-corrected chi connectivity index (χ2v) is 8.91. The van der Waals surface area contributed by atoms with Gasteiger partial charge in [0.1, 0.15) is 0 Å². The molecule has 0 saturated heterocycles. The van der Waals surface area contributed by atoms with E-state index in [1.807, 2.05) is 31.2 Å². The number of hydrogen-bond donors (Lipinski definition) is 2. The number of ether oxygens (including phenoxy) is 3. The van der Waals surface area contributed by atoms with E-state index in [9.17, 15) is 4.79 Å². The molecule has 0 bridgehead atoms. The first-order chi connectivity index (χ1) is 16.4. The minimum Gasteiger partial charge on any atom is -0.493 e. The van der Waals surface area contributed by atoms with Gasteiger partial charge in [0, 0.05) is 31.1 Å². The summed E-state index contributed by atoms with van der Waals surface area (Å²) in [5.41, 5.74) is 5.62. The molecule has 2 N–H and O–H groups in total. The molecular weight excluding hydrogens is 450 g/mol. The second kappa shape index (κ2) is 10.0. The predicted molar refractivity (Wildman–Crippen MR) is 138 cm³/mol. The van der Waals surface area contributed by atoms with E-state index in [0.29, 0.717) is 41.9 Å². The Kier molecular flexibility index (Phi) is 7.09. The van der Waals surface area contributed by atoms with Gasteiger partial charge in [-0.25, -0.2) is 0 Å². The van der Waals surface area contributed by atoms with Gasteiger partial charge in [-0.1, -0.05) is 12.1 Å². The number of rotatable bonds is 6. The van der Waals surface area contributed by atoms with Crippen LogP contribution in [0.25, 0.3) is 10.9 Å². The van der Waals surface area contributed by atoms with E-state index in [-0.39, 0.29) is 11.6 Å². The van der Waals surface area contributed by atoms with E-state index in [2.05, 4.69) is 28.2 Å². The molecule has 34 heavy (non-hydrogen) atoms. The second-order valence-electron chi connectivity index (χ2n) is 8.52. The molecule has 3 aromatic rings. The Labute approximate surface area is 205 Å². The van der Waals surface area contributed by atoms with Gasteiger partial charge in [-0.3, -0.25) is 4.79 Å². The average molecular weight is 482 g/mol. The standard InChI is InChI=1S/C26H31N3O4S/c1-15-6-7-16(2)23-18(15)13-20(25(30)28-23)24-19-14-22(33-5)21(32-4)12-17(19)8-10-29(24)26(34)27-9-11-31-3/h6-7,12-14,24H,8-11H2,1-5H3,(H,27,34)(H,28,30)/t24-/m0/s1. The number of aryl methyl sites for hydroxylation is 2. The van der Waals surface area contributed by atoms with Crippen molar-refractivity contribution < 1.29 is 14.2 Å². The zero-order chi connectivity index (χ0) is 24.4. The summed E-state index contributed by atoms with van der Waals surface area (Å²) in [7, 11) is 4.90. The number of pyridine rings is 1. The molecule has 0 spiro atoms. The molecule has 180 valence electrons. The monoisotopic (exact) mass is 481 g/mol. The first kappa shape index (κ1) is 24.0. The van der Waals surface area contributed by atoms with Crippen LogP contribution in [0.2, 0.25) is 0 Å². The first-order valence-corrected chi connectivity index (χ1v) is 11.7. The fourth-order valence-corrected chi connectivity index (χ4v) is 4.95. The largest absolute Gasteiger partial charge is 0.493 e. The van der Waals surface area contributed by atoms with Gasteiger partial charge in [0.2, 0.25) is 0 Å². The summed E-state index contributed by atoms with van der Waals surface area (Å²) in [5, 5.41) is 4.89. The van der Waals surface area contributed by atoms with E-state index in [1.54, 1.807) is 21.3 Å². The molecule has 0 unspecified atom stereocenters. The third kappa shape index (κ3) is 4.35. The van der Waals surface area contributed by atoms with Crippen molar-refractivity contribution in [3.8, 4) is 11.5 Å². The average Bonchev–Trinajstić information content (AvgIpc) is 2.84. The van der Waals surface area contributed by atoms with Gasteiger partial charge in [0.15, 0.2) is 16.6 Å². The van der Waals surface area contributed by atoms with E-state index >= 15 is 0 Å². The van der Waals surface area contributed by atoms with Crippen LogP contribution in [-0.2, 0) is 11.2 Å². The highest BCUT2D eigenvalue weighted by Crippen LogP contribution is 2.40. The molecule has 0 radical (unpaired) electrons. The van der Waals surface area contributed by atoms with E-state index in [1.165, 1.54) is 0 Å². The minimum absolute atomic E-state index is 0.126. The third-order valence-electron chi connectivity index (χ3n) is 6.48. The van der Waals surface area contributed by atoms with Gasteiger partial charge < -0.3 is 29.4 Å². The van der Waals surface area contributed by atoms with Crippen LogP contribution in [0, 0.1) is 13.8 Å². The van der Waals surface area contributed by atoms with Gasteiger partial charge in [-0.15, -0.1) is 0 Å². The number of hydrogen-bond acceptors (Lipinski definition) is 5. The fraction of sp³-hybridized carbons (Fsp3) is 0.385. The maximum Gasteiger partial charge on any atom is 0.254 e. The summed E-state index contributed by atoms with van der Waals surface area (Å²) in [4.78, 5) is 18.7. The molecule has 2 aromatic carbocycles. The Balaban J connectivity index is 1.92. The van der Waals surface area contributed by atoms with Gasteiger partial charge in [-0.05, 0) is 72.9 Å². The Morgan fingerprint density at radius 2 is 1.79 bits per heavy atom. The minimum atomic E-state index is -0.376. The van der Waals surface area contributed by atoms with Crippen molar-refractivity contribution in [3.05, 3.63) is 68.5 Å². The highest BCUT2D eigenvalue weighted by atomic mass is 32.1. The predicted octanol–water partition coefficient (Wildman–Crippen LogP) is 3.63. The van der Waals surface area contributed by atoms with Crippen molar-refractivity contribution in [2.24, 2.45) is 0 Å². The number of aromatic amines is 1. The zero-order valence-corrected chi connectivity index (χ0v) is 21.1. The van der Waals surface area contributed by atoms with Crippen LogP contribution in [0.3, 0.4) is 0 Å². The molecule has 2 heterocycles. The van der Waals surface area contributed by atoms with Crippen molar-refractivity contribution in [1.82, 2.24) is 15.2 Å². The molecule has 7 nitrogen and oxygen atoms in total. The maximum absolute atomic E-state index is 13.5. The smallest absolute Gasteiger partial charge is 0.254 e. The molecular formula is C26H31N3O4S. The van der Waals surface area contributed by atoms with Gasteiger partial charge in [0.25, 0.3) is 5.56 Å². The lowest BCUT2D eigenvalue weighted by Crippen LogP contribution is -2.47. The lowest BCUT2D eigenvalue weighted by Gasteiger charge is -2.39. The maximum atomic E-state index is 13.5. The Morgan fingerprint density at radius 3 is 2.50 bits per heavy atom. The van der Waals surface area contributed by atoms with Gasteiger partial charge in [-0.2, -0.15) is 0 Å². The van der Waals surface area contributed by atoms with Crippen molar-refractivity contribution >= 4 is 28.2 Å². The molecule has 1 aliphatic rings. The molecule has 1 aromatic heterocycles. The Bertz CT molecular complexity index is 1290. The number of nitrogens with one attached hydrogen (secondary N) is 2. The summed E-state index contributed by atoms with van der Waals surface area (Å²) < 4.78 is 16.3. The first-order valence-electron chi connectivity index (χ1n) is 11.3. The normalized spacial score (nSPS) is 15.2. The molecule has 4 rings (SSSR count). The third-order valence-corrected chi connectivity index (χ3v) is 6.86. The number of aromatic nitrogens is 1. The SMILES string of the molecule is COCCNC(=S)N1CCc2cc(OC)c(OC)cc2[C@H]1c1cc2c(C)ccc(C)c2[nH]c1=O. The lowest BCUT2D eigenvalue weighted by molar-refractivity contribution is 0.202. The van der Waals surface area contributed by atoms with Crippen molar-refractivity contribution in [1.29, 1.82) is 0 Å². The number of methoxy groups -OCH3 is 3. The molecule has 1 aliphatic heterocycles. The highest BCUT2D eigenvalue weighted by Gasteiger charge is 2.34. The molecule has 0 saturated carbocycles. The van der Waals surface area contributed by atoms with Gasteiger partial charge in [0.05, 0.1) is 32.4 Å². The van der Waals surface area contributed by atoms with Crippen LogP contribution in [-0.4, -0.2) is 56.0 Å². The molecule has 1 atom stereocenters. The van der Waals surface area contributed by atoms with Crippen LogP contribution in [0.5, 0.6) is 11.5 Å². The molecule has 0 aliphatic carbocycles. The van der Waals surface area contributed by atoms with Gasteiger partial charge >= 0.3 is 0 Å². The number of thiocarbonyl (C=S) groups is 1. The topological polar surface area (TPSA) is 75.8 Å². The van der Waals surface area contributed by atoms with Crippen molar-refractivity contribution in [2.45, 2.75) is 26.3 Å². The molecule has 0 amide bonds. The van der Waals surface area contributed by atoms with Crippen molar-refractivity contribution in [3.63, 3.8) is 0 Å². The van der Waals surface area contributed by atoms with Crippen LogP contribution >= 0.6 is 12.2 Å². The zero-order valence-electron chi connectivity index (χ0n) is 20.3. The summed E-state index contributed by atoms with van der Waals surface area (Å²) >= 11 is 5.78. The lowest BCUT2D eigenvalue weighted by atomic mass is 9.87. The van der Waals surface area contributed by atoms with Crippen LogP contribution < -0.4 is 20.3 Å². The number of benzene rings is 2. The number of H-pyrrole nitrogens is 1. The summed E-state index contributed by atoms with van der Waals surface area (Å²) in [6.07, 6.45) is 0.766. The quantitative estimate of drug-likeness (QED) is 0.411. The van der Waals surface area contributed by atoms with Crippen LogP contribution in [0.15, 0.2) is 35.1 Å². The fourth-order valence-electron chi connectivity index (χ4n) is 4.66. The summed E-state index contributed by atoms with van der Waals surface area (Å²) in [6, 6.07) is 9.72. The highest BCUT2D eigenvalue weighted by molar-refractivity contribution is 7.80. The van der Waals surface area contributed by atoms with E-state index in [0.717, 1.165) is 39.6 Å². The Hall–Kier alpha value is -3.10. The number of fused-ring (bicyclic) bond motifs is 2. The Morgan fingerprint density at radius 1 is 1.09 bits per heavy atom. The van der Waals surface area contributed by atoms with E-state index in [4.69, 9.17) is 26.4 Å². The van der Waals surface area contributed by atoms with Crippen molar-refractivity contribution in [2.75, 3.05) is 41.0 Å². The molecule has 0 fully saturated rings. The van der Waals surface area contributed by atoms with Crippen LogP contribution in [0.1, 0.15) is 33.9 Å². The number of nitrogens with zero attached hydrogens (tertiary/aromatic N) is 1. The summed E-state index contributed by atoms with van der Waals surface area (Å²) in [5.74, 6) is 1.30. The van der Waals surface area contributed by atoms with Crippen LogP contribution in [0.4, 0.5) is 0 Å². The van der Waals surface area contributed by atoms with E-state index < -0.39 is 0 Å².